The van der Waals surface area contributed by atoms with Crippen LogP contribution in [0.15, 0.2) is 72.1 Å². The molecular formula is C23H18N4O4. The molecule has 4 rings (SSSR count). The molecule has 154 valence electrons. The van der Waals surface area contributed by atoms with Crippen molar-refractivity contribution in [2.75, 3.05) is 7.11 Å². The van der Waals surface area contributed by atoms with Gasteiger partial charge in [-0.2, -0.15) is 5.10 Å². The summed E-state index contributed by atoms with van der Waals surface area (Å²) in [5.41, 5.74) is 5.51. The maximum absolute atomic E-state index is 12.9. The monoisotopic (exact) mass is 414 g/mol. The lowest BCUT2D eigenvalue weighted by Gasteiger charge is -2.09. The first-order chi connectivity index (χ1) is 15.1. The SMILES string of the molecule is COc1cc(/C=N\NC(=O)c2cc(-c3ccncc3)nc3ccccc23)cc(O)c1O. The van der Waals surface area contributed by atoms with Gasteiger partial charge >= 0.3 is 0 Å². The molecule has 2 heterocycles. The number of hydrogen-bond donors (Lipinski definition) is 3. The second kappa shape index (κ2) is 8.50. The number of phenols is 2. The van der Waals surface area contributed by atoms with Gasteiger partial charge in [0.05, 0.1) is 30.1 Å². The lowest BCUT2D eigenvalue weighted by Crippen LogP contribution is -2.18. The molecule has 3 N–H and O–H groups in total. The number of nitrogens with zero attached hydrogens (tertiary/aromatic N) is 3. The second-order valence-electron chi connectivity index (χ2n) is 6.60. The van der Waals surface area contributed by atoms with E-state index in [-0.39, 0.29) is 17.2 Å². The van der Waals surface area contributed by atoms with Crippen molar-refractivity contribution >= 4 is 23.0 Å². The molecule has 8 nitrogen and oxygen atoms in total. The van der Waals surface area contributed by atoms with Gasteiger partial charge in [0.25, 0.3) is 5.91 Å². The van der Waals surface area contributed by atoms with Crippen LogP contribution in [0.25, 0.3) is 22.2 Å². The van der Waals surface area contributed by atoms with Crippen LogP contribution in [0, 0.1) is 0 Å². The van der Waals surface area contributed by atoms with E-state index in [0.29, 0.717) is 27.7 Å². The molecule has 0 saturated carbocycles. The topological polar surface area (TPSA) is 117 Å². The average Bonchev–Trinajstić information content (AvgIpc) is 2.81. The molecule has 1 amide bonds. The Morgan fingerprint density at radius 3 is 2.65 bits per heavy atom. The number of para-hydroxylation sites is 1. The summed E-state index contributed by atoms with van der Waals surface area (Å²) < 4.78 is 5.00. The first kappa shape index (κ1) is 19.8. The van der Waals surface area contributed by atoms with Gasteiger partial charge in [-0.3, -0.25) is 9.78 Å². The minimum Gasteiger partial charge on any atom is -0.504 e. The minimum absolute atomic E-state index is 0.0925. The number of pyridine rings is 2. The van der Waals surface area contributed by atoms with Crippen molar-refractivity contribution in [1.29, 1.82) is 0 Å². The predicted molar refractivity (Wildman–Crippen MR) is 116 cm³/mol. The van der Waals surface area contributed by atoms with Crippen molar-refractivity contribution in [3.8, 4) is 28.5 Å². The number of carbonyl (C=O) groups is 1. The fourth-order valence-electron chi connectivity index (χ4n) is 3.10. The van der Waals surface area contributed by atoms with Crippen molar-refractivity contribution in [3.05, 3.63) is 78.1 Å². The molecule has 2 aromatic carbocycles. The molecule has 0 unspecified atom stereocenters. The van der Waals surface area contributed by atoms with Gasteiger partial charge in [-0.25, -0.2) is 10.4 Å². The quantitative estimate of drug-likeness (QED) is 0.261. The van der Waals surface area contributed by atoms with E-state index in [2.05, 4.69) is 20.5 Å². The molecule has 0 aliphatic carbocycles. The Kier molecular flexibility index (Phi) is 5.44. The normalized spacial score (nSPS) is 11.0. The Bertz CT molecular complexity index is 1290. The highest BCUT2D eigenvalue weighted by atomic mass is 16.5. The van der Waals surface area contributed by atoms with Gasteiger partial charge < -0.3 is 14.9 Å². The van der Waals surface area contributed by atoms with E-state index in [0.717, 1.165) is 5.56 Å². The standard InChI is InChI=1S/C23H18N4O4/c1-31-21-11-14(10-20(28)22(21)29)13-25-27-23(30)17-12-19(15-6-8-24-9-7-15)26-18-5-3-2-4-16(17)18/h2-13,28-29H,1H3,(H,27,30)/b25-13-. The number of methoxy groups -OCH3 is 1. The summed E-state index contributed by atoms with van der Waals surface area (Å²) >= 11 is 0. The summed E-state index contributed by atoms with van der Waals surface area (Å²) in [6.07, 6.45) is 4.67. The molecule has 0 aliphatic heterocycles. The maximum atomic E-state index is 12.9. The highest BCUT2D eigenvalue weighted by molar-refractivity contribution is 6.07. The molecule has 0 aliphatic rings. The smallest absolute Gasteiger partial charge is 0.272 e. The summed E-state index contributed by atoms with van der Waals surface area (Å²) in [5, 5.41) is 24.1. The van der Waals surface area contributed by atoms with Gasteiger partial charge in [0.15, 0.2) is 11.5 Å². The van der Waals surface area contributed by atoms with Crippen LogP contribution in [-0.4, -0.2) is 39.4 Å². The Morgan fingerprint density at radius 1 is 1.10 bits per heavy atom. The number of rotatable bonds is 5. The molecule has 0 fully saturated rings. The number of hydrogen-bond acceptors (Lipinski definition) is 7. The van der Waals surface area contributed by atoms with Crippen molar-refractivity contribution in [3.63, 3.8) is 0 Å². The molecule has 8 heteroatoms. The zero-order valence-corrected chi connectivity index (χ0v) is 16.5. The Hall–Kier alpha value is -4.46. The third kappa shape index (κ3) is 4.13. The molecule has 31 heavy (non-hydrogen) atoms. The molecule has 4 aromatic rings. The summed E-state index contributed by atoms with van der Waals surface area (Å²) in [6.45, 7) is 0. The maximum Gasteiger partial charge on any atom is 0.272 e. The number of ether oxygens (including phenoxy) is 1. The van der Waals surface area contributed by atoms with Crippen LogP contribution in [0.5, 0.6) is 17.2 Å². The van der Waals surface area contributed by atoms with E-state index in [1.54, 1.807) is 18.5 Å². The number of benzene rings is 2. The second-order valence-corrected chi connectivity index (χ2v) is 6.60. The van der Waals surface area contributed by atoms with E-state index in [1.165, 1.54) is 25.5 Å². The Balaban J connectivity index is 1.65. The minimum atomic E-state index is -0.417. The van der Waals surface area contributed by atoms with Crippen molar-refractivity contribution in [1.82, 2.24) is 15.4 Å². The number of aromatic hydroxyl groups is 2. The van der Waals surface area contributed by atoms with Gasteiger partial charge in [-0.1, -0.05) is 18.2 Å². The highest BCUT2D eigenvalue weighted by Gasteiger charge is 2.14. The van der Waals surface area contributed by atoms with Crippen LogP contribution >= 0.6 is 0 Å². The largest absolute Gasteiger partial charge is 0.504 e. The zero-order chi connectivity index (χ0) is 21.8. The van der Waals surface area contributed by atoms with Gasteiger partial charge in [-0.15, -0.1) is 0 Å². The number of phenolic OH excluding ortho intramolecular Hbond substituents is 2. The van der Waals surface area contributed by atoms with Gasteiger partial charge in [0, 0.05) is 28.9 Å². The van der Waals surface area contributed by atoms with E-state index in [4.69, 9.17) is 4.74 Å². The van der Waals surface area contributed by atoms with E-state index in [9.17, 15) is 15.0 Å². The van der Waals surface area contributed by atoms with Crippen LogP contribution < -0.4 is 10.2 Å². The van der Waals surface area contributed by atoms with Crippen LogP contribution in [0.2, 0.25) is 0 Å². The fraction of sp³-hybridized carbons (Fsp3) is 0.0435. The first-order valence-electron chi connectivity index (χ1n) is 9.30. The molecule has 0 atom stereocenters. The van der Waals surface area contributed by atoms with Gasteiger partial charge in [0.1, 0.15) is 0 Å². The van der Waals surface area contributed by atoms with Crippen LogP contribution in [-0.2, 0) is 0 Å². The lowest BCUT2D eigenvalue weighted by molar-refractivity contribution is 0.0956. The number of hydrazone groups is 1. The Labute approximate surface area is 177 Å². The van der Waals surface area contributed by atoms with E-state index >= 15 is 0 Å². The number of amides is 1. The van der Waals surface area contributed by atoms with E-state index < -0.39 is 5.91 Å². The van der Waals surface area contributed by atoms with Crippen LogP contribution in [0.4, 0.5) is 0 Å². The van der Waals surface area contributed by atoms with Crippen LogP contribution in [0.3, 0.4) is 0 Å². The highest BCUT2D eigenvalue weighted by Crippen LogP contribution is 2.35. The molecule has 0 spiro atoms. The zero-order valence-electron chi connectivity index (χ0n) is 16.5. The number of carbonyl (C=O) groups excluding carboxylic acids is 1. The van der Waals surface area contributed by atoms with E-state index in [1.807, 2.05) is 36.4 Å². The third-order valence-corrected chi connectivity index (χ3v) is 4.61. The number of aromatic nitrogens is 2. The number of nitrogens with one attached hydrogen (secondary N) is 1. The summed E-state index contributed by atoms with van der Waals surface area (Å²) in [5.74, 6) is -1.04. The number of fused-ring (bicyclic) bond motifs is 1. The predicted octanol–water partition coefficient (Wildman–Crippen LogP) is 3.48. The van der Waals surface area contributed by atoms with Gasteiger partial charge in [-0.05, 0) is 36.4 Å². The van der Waals surface area contributed by atoms with Gasteiger partial charge in [0.2, 0.25) is 5.75 Å². The van der Waals surface area contributed by atoms with Crippen molar-refractivity contribution < 1.29 is 19.7 Å². The third-order valence-electron chi connectivity index (χ3n) is 4.61. The van der Waals surface area contributed by atoms with Crippen molar-refractivity contribution in [2.45, 2.75) is 0 Å². The van der Waals surface area contributed by atoms with Crippen molar-refractivity contribution in [2.24, 2.45) is 5.10 Å². The molecule has 0 saturated heterocycles. The summed E-state index contributed by atoms with van der Waals surface area (Å²) in [6, 6.07) is 15.5. The van der Waals surface area contributed by atoms with Crippen LogP contribution in [0.1, 0.15) is 15.9 Å². The lowest BCUT2D eigenvalue weighted by atomic mass is 10.0. The molecule has 2 aromatic heterocycles. The fourth-order valence-corrected chi connectivity index (χ4v) is 3.10. The molecule has 0 bridgehead atoms. The summed E-state index contributed by atoms with van der Waals surface area (Å²) in [7, 11) is 1.37. The first-order valence-corrected chi connectivity index (χ1v) is 9.30. The molecule has 0 radical (unpaired) electrons. The average molecular weight is 414 g/mol. The Morgan fingerprint density at radius 2 is 1.87 bits per heavy atom. The summed E-state index contributed by atoms with van der Waals surface area (Å²) in [4.78, 5) is 21.6. The molecular weight excluding hydrogens is 396 g/mol.